The van der Waals surface area contributed by atoms with Crippen LogP contribution >= 0.6 is 23.2 Å². The SMILES string of the molecule is N#CCOc1ccc(/C=C(\C#N)C(=O)Nc2c(Cl)cccc2Cl)cc1. The Hall–Kier alpha value is -2.99. The Morgan fingerprint density at radius 3 is 2.32 bits per heavy atom. The van der Waals surface area contributed by atoms with Gasteiger partial charge in [-0.05, 0) is 35.9 Å². The molecule has 25 heavy (non-hydrogen) atoms. The first-order valence-corrected chi connectivity index (χ1v) is 7.77. The minimum atomic E-state index is -0.623. The molecule has 0 aliphatic carbocycles. The highest BCUT2D eigenvalue weighted by Crippen LogP contribution is 2.30. The summed E-state index contributed by atoms with van der Waals surface area (Å²) in [7, 11) is 0. The highest BCUT2D eigenvalue weighted by atomic mass is 35.5. The van der Waals surface area contributed by atoms with Gasteiger partial charge in [-0.3, -0.25) is 4.79 Å². The number of rotatable bonds is 5. The molecule has 0 spiro atoms. The molecule has 0 saturated carbocycles. The molecule has 7 heteroatoms. The molecular weight excluding hydrogens is 361 g/mol. The number of halogens is 2. The van der Waals surface area contributed by atoms with E-state index in [1.54, 1.807) is 42.5 Å². The van der Waals surface area contributed by atoms with Crippen molar-refractivity contribution in [2.75, 3.05) is 11.9 Å². The summed E-state index contributed by atoms with van der Waals surface area (Å²) in [4.78, 5) is 12.3. The van der Waals surface area contributed by atoms with Crippen molar-refractivity contribution in [3.05, 3.63) is 63.6 Å². The zero-order valence-corrected chi connectivity index (χ0v) is 14.3. The smallest absolute Gasteiger partial charge is 0.266 e. The molecule has 0 aliphatic heterocycles. The molecule has 5 nitrogen and oxygen atoms in total. The van der Waals surface area contributed by atoms with Crippen molar-refractivity contribution in [2.45, 2.75) is 0 Å². The first-order chi connectivity index (χ1) is 12.0. The van der Waals surface area contributed by atoms with Crippen molar-refractivity contribution < 1.29 is 9.53 Å². The van der Waals surface area contributed by atoms with Gasteiger partial charge in [0.2, 0.25) is 0 Å². The number of hydrogen-bond acceptors (Lipinski definition) is 4. The van der Waals surface area contributed by atoms with Gasteiger partial charge in [0.15, 0.2) is 6.61 Å². The van der Waals surface area contributed by atoms with Crippen molar-refractivity contribution in [1.29, 1.82) is 10.5 Å². The lowest BCUT2D eigenvalue weighted by molar-refractivity contribution is -0.112. The Morgan fingerprint density at radius 2 is 1.76 bits per heavy atom. The zero-order chi connectivity index (χ0) is 18.2. The molecule has 2 rings (SSSR count). The maximum absolute atomic E-state index is 12.3. The number of benzene rings is 2. The summed E-state index contributed by atoms with van der Waals surface area (Å²) in [5, 5.41) is 20.8. The number of hydrogen-bond donors (Lipinski definition) is 1. The maximum Gasteiger partial charge on any atom is 0.266 e. The molecule has 0 atom stereocenters. The molecule has 2 aromatic carbocycles. The van der Waals surface area contributed by atoms with Gasteiger partial charge in [0, 0.05) is 0 Å². The van der Waals surface area contributed by atoms with Gasteiger partial charge in [-0.1, -0.05) is 41.4 Å². The van der Waals surface area contributed by atoms with E-state index in [9.17, 15) is 10.1 Å². The average molecular weight is 372 g/mol. The second-order valence-corrected chi connectivity index (χ2v) is 5.55. The number of ether oxygens (including phenoxy) is 1. The van der Waals surface area contributed by atoms with Gasteiger partial charge in [0.1, 0.15) is 23.5 Å². The predicted octanol–water partition coefficient (Wildman–Crippen LogP) is 4.44. The number of carbonyl (C=O) groups is 1. The van der Waals surface area contributed by atoms with Crippen LogP contribution in [0.5, 0.6) is 5.75 Å². The normalized spacial score (nSPS) is 10.5. The van der Waals surface area contributed by atoms with E-state index in [0.29, 0.717) is 11.3 Å². The van der Waals surface area contributed by atoms with Gasteiger partial charge < -0.3 is 10.1 Å². The predicted molar refractivity (Wildman–Crippen MR) is 96.2 cm³/mol. The Labute approximate surface area is 154 Å². The van der Waals surface area contributed by atoms with Crippen LogP contribution in [0.2, 0.25) is 10.0 Å². The summed E-state index contributed by atoms with van der Waals surface area (Å²) in [6.07, 6.45) is 1.42. The van der Waals surface area contributed by atoms with E-state index >= 15 is 0 Å². The molecule has 0 saturated heterocycles. The number of amides is 1. The molecular formula is C18H11Cl2N3O2. The minimum absolute atomic E-state index is 0.0559. The Kier molecular flexibility index (Phi) is 6.42. The van der Waals surface area contributed by atoms with E-state index < -0.39 is 5.91 Å². The van der Waals surface area contributed by atoms with E-state index in [0.717, 1.165) is 0 Å². The molecule has 0 bridgehead atoms. The molecule has 124 valence electrons. The van der Waals surface area contributed by atoms with Crippen LogP contribution < -0.4 is 10.1 Å². The topological polar surface area (TPSA) is 85.9 Å². The first-order valence-electron chi connectivity index (χ1n) is 7.02. The molecule has 0 aliphatic rings. The van der Waals surface area contributed by atoms with Crippen LogP contribution in [0.1, 0.15) is 5.56 Å². The van der Waals surface area contributed by atoms with Gasteiger partial charge in [-0.2, -0.15) is 10.5 Å². The zero-order valence-electron chi connectivity index (χ0n) is 12.8. The number of para-hydroxylation sites is 1. The summed E-state index contributed by atoms with van der Waals surface area (Å²) >= 11 is 12.0. The van der Waals surface area contributed by atoms with Crippen molar-refractivity contribution in [3.63, 3.8) is 0 Å². The third kappa shape index (κ3) is 4.99. The summed E-state index contributed by atoms with van der Waals surface area (Å²) < 4.78 is 5.14. The lowest BCUT2D eigenvalue weighted by atomic mass is 10.1. The van der Waals surface area contributed by atoms with Crippen LogP contribution in [0, 0.1) is 22.7 Å². The molecule has 2 aromatic rings. The van der Waals surface area contributed by atoms with E-state index in [-0.39, 0.29) is 27.9 Å². The van der Waals surface area contributed by atoms with Crippen LogP contribution in [0.15, 0.2) is 48.0 Å². The van der Waals surface area contributed by atoms with Crippen molar-refractivity contribution in [2.24, 2.45) is 0 Å². The summed E-state index contributed by atoms with van der Waals surface area (Å²) in [6.45, 7) is -0.0559. The van der Waals surface area contributed by atoms with Gasteiger partial charge in [-0.15, -0.1) is 0 Å². The molecule has 0 heterocycles. The second kappa shape index (κ2) is 8.75. The number of nitrogens with one attached hydrogen (secondary N) is 1. The molecule has 1 N–H and O–H groups in total. The summed E-state index contributed by atoms with van der Waals surface area (Å²) in [5.41, 5.74) is 0.764. The number of nitrogens with zero attached hydrogens (tertiary/aromatic N) is 2. The van der Waals surface area contributed by atoms with E-state index in [4.69, 9.17) is 33.2 Å². The van der Waals surface area contributed by atoms with Crippen LogP contribution in [-0.2, 0) is 4.79 Å². The number of nitriles is 2. The average Bonchev–Trinajstić information content (AvgIpc) is 2.62. The first kappa shape index (κ1) is 18.4. The van der Waals surface area contributed by atoms with Gasteiger partial charge >= 0.3 is 0 Å². The standard InChI is InChI=1S/C18H11Cl2N3O2/c19-15-2-1-3-16(20)17(15)23-18(24)13(11-22)10-12-4-6-14(7-5-12)25-9-8-21/h1-7,10H,9H2,(H,23,24)/b13-10+. The third-order valence-corrected chi connectivity index (χ3v) is 3.69. The van der Waals surface area contributed by atoms with Gasteiger partial charge in [0.25, 0.3) is 5.91 Å². The van der Waals surface area contributed by atoms with Gasteiger partial charge in [0.05, 0.1) is 15.7 Å². The monoisotopic (exact) mass is 371 g/mol. The molecule has 0 radical (unpaired) electrons. The third-order valence-electron chi connectivity index (χ3n) is 3.06. The molecule has 0 unspecified atom stereocenters. The number of anilines is 1. The quantitative estimate of drug-likeness (QED) is 0.621. The molecule has 0 fully saturated rings. The van der Waals surface area contributed by atoms with Crippen molar-refractivity contribution in [3.8, 4) is 17.9 Å². The summed E-state index contributed by atoms with van der Waals surface area (Å²) in [6, 6.07) is 15.1. The fourth-order valence-corrected chi connectivity index (χ4v) is 2.38. The lowest BCUT2D eigenvalue weighted by Gasteiger charge is -2.08. The lowest BCUT2D eigenvalue weighted by Crippen LogP contribution is -2.14. The molecule has 1 amide bonds. The molecule has 0 aromatic heterocycles. The van der Waals surface area contributed by atoms with E-state index in [1.807, 2.05) is 12.1 Å². The highest BCUT2D eigenvalue weighted by Gasteiger charge is 2.13. The van der Waals surface area contributed by atoms with Crippen molar-refractivity contribution in [1.82, 2.24) is 0 Å². The van der Waals surface area contributed by atoms with Crippen LogP contribution in [-0.4, -0.2) is 12.5 Å². The maximum atomic E-state index is 12.3. The van der Waals surface area contributed by atoms with Crippen molar-refractivity contribution >= 4 is 40.9 Å². The fraction of sp³-hybridized carbons (Fsp3) is 0.0556. The Bertz CT molecular complexity index is 874. The van der Waals surface area contributed by atoms with E-state index in [1.165, 1.54) is 6.08 Å². The second-order valence-electron chi connectivity index (χ2n) is 4.74. The van der Waals surface area contributed by atoms with Crippen LogP contribution in [0.4, 0.5) is 5.69 Å². The van der Waals surface area contributed by atoms with Crippen LogP contribution in [0.25, 0.3) is 6.08 Å². The van der Waals surface area contributed by atoms with Gasteiger partial charge in [-0.25, -0.2) is 0 Å². The van der Waals surface area contributed by atoms with Crippen LogP contribution in [0.3, 0.4) is 0 Å². The summed E-state index contributed by atoms with van der Waals surface area (Å²) in [5.74, 6) is -0.105. The highest BCUT2D eigenvalue weighted by molar-refractivity contribution is 6.40. The largest absolute Gasteiger partial charge is 0.479 e. The Balaban J connectivity index is 2.18. The fourth-order valence-electron chi connectivity index (χ4n) is 1.89. The minimum Gasteiger partial charge on any atom is -0.479 e. The van der Waals surface area contributed by atoms with E-state index in [2.05, 4.69) is 5.32 Å². The number of carbonyl (C=O) groups excluding carboxylic acids is 1. The Morgan fingerprint density at radius 1 is 1.12 bits per heavy atom.